The molecule has 174 valence electrons. The van der Waals surface area contributed by atoms with Crippen LogP contribution in [0.1, 0.15) is 19.5 Å². The van der Waals surface area contributed by atoms with Crippen molar-refractivity contribution in [2.24, 2.45) is 0 Å². The molecular weight excluding hydrogens is 463 g/mol. The van der Waals surface area contributed by atoms with Gasteiger partial charge in [-0.1, -0.05) is 23.2 Å². The van der Waals surface area contributed by atoms with Crippen molar-refractivity contribution in [3.63, 3.8) is 0 Å². The highest BCUT2D eigenvalue weighted by atomic mass is 35.5. The molecule has 1 saturated heterocycles. The smallest absolute Gasteiger partial charge is 0.244 e. The van der Waals surface area contributed by atoms with Crippen LogP contribution in [0, 0.1) is 6.92 Å². The van der Waals surface area contributed by atoms with E-state index in [1.165, 1.54) is 0 Å². The van der Waals surface area contributed by atoms with Gasteiger partial charge in [-0.2, -0.15) is 5.10 Å². The maximum Gasteiger partial charge on any atom is 0.244 e. The highest BCUT2D eigenvalue weighted by Crippen LogP contribution is 2.31. The molecule has 8 nitrogen and oxygen atoms in total. The molecule has 1 atom stereocenters. The standard InChI is InChI=1S/C23H26Cl2N6O2/c1-4-33-19-12-17(6-7-18(19)24)29-10-11-30(15(2)13-29)20(32)14-31-16(3)21(25)22(28-31)23-26-8-5-9-27-23/h5-9,12,15H,4,10-11,13-14H2,1-3H3. The molecule has 1 amide bonds. The van der Waals surface area contributed by atoms with Crippen molar-refractivity contribution < 1.29 is 9.53 Å². The largest absolute Gasteiger partial charge is 0.492 e. The minimum atomic E-state index is -0.00365. The quantitative estimate of drug-likeness (QED) is 0.519. The summed E-state index contributed by atoms with van der Waals surface area (Å²) in [6.07, 6.45) is 3.27. The molecule has 1 aliphatic heterocycles. The molecule has 1 unspecified atom stereocenters. The maximum absolute atomic E-state index is 13.1. The summed E-state index contributed by atoms with van der Waals surface area (Å²) in [5.74, 6) is 1.11. The van der Waals surface area contributed by atoms with Crippen LogP contribution in [0.4, 0.5) is 5.69 Å². The first-order chi connectivity index (χ1) is 15.9. The molecule has 1 fully saturated rings. The fourth-order valence-electron chi connectivity index (χ4n) is 3.98. The van der Waals surface area contributed by atoms with Crippen molar-refractivity contribution >= 4 is 34.8 Å². The molecule has 1 aromatic carbocycles. The van der Waals surface area contributed by atoms with Gasteiger partial charge in [0.1, 0.15) is 18.0 Å². The molecule has 3 aromatic rings. The number of aromatic nitrogens is 4. The zero-order valence-corrected chi connectivity index (χ0v) is 20.3. The number of hydrogen-bond donors (Lipinski definition) is 0. The predicted octanol–water partition coefficient (Wildman–Crippen LogP) is 4.09. The first-order valence-electron chi connectivity index (χ1n) is 10.9. The van der Waals surface area contributed by atoms with Gasteiger partial charge in [-0.25, -0.2) is 9.97 Å². The molecule has 33 heavy (non-hydrogen) atoms. The van der Waals surface area contributed by atoms with Crippen LogP contribution in [0.2, 0.25) is 10.0 Å². The third kappa shape index (κ3) is 4.91. The Morgan fingerprint density at radius 3 is 2.67 bits per heavy atom. The van der Waals surface area contributed by atoms with Crippen LogP contribution in [0.25, 0.3) is 11.5 Å². The molecule has 4 rings (SSSR count). The van der Waals surface area contributed by atoms with Crippen LogP contribution in [0.5, 0.6) is 5.75 Å². The van der Waals surface area contributed by atoms with Gasteiger partial charge in [-0.05, 0) is 39.0 Å². The van der Waals surface area contributed by atoms with E-state index in [2.05, 4.69) is 26.9 Å². The normalized spacial score (nSPS) is 16.2. The second kappa shape index (κ2) is 9.97. The molecule has 0 saturated carbocycles. The lowest BCUT2D eigenvalue weighted by Gasteiger charge is -2.41. The maximum atomic E-state index is 13.1. The monoisotopic (exact) mass is 488 g/mol. The Morgan fingerprint density at radius 2 is 1.97 bits per heavy atom. The molecule has 0 bridgehead atoms. The van der Waals surface area contributed by atoms with Gasteiger partial charge >= 0.3 is 0 Å². The Kier molecular flexibility index (Phi) is 7.05. The topological polar surface area (TPSA) is 76.4 Å². The zero-order chi connectivity index (χ0) is 23.5. The Bertz CT molecular complexity index is 1140. The van der Waals surface area contributed by atoms with Crippen LogP contribution in [0.15, 0.2) is 36.7 Å². The van der Waals surface area contributed by atoms with Crippen molar-refractivity contribution in [3.8, 4) is 17.3 Å². The number of carbonyl (C=O) groups is 1. The summed E-state index contributed by atoms with van der Waals surface area (Å²) < 4.78 is 7.25. The second-order valence-corrected chi connectivity index (χ2v) is 8.69. The Balaban J connectivity index is 1.44. The van der Waals surface area contributed by atoms with Gasteiger partial charge in [0.2, 0.25) is 5.91 Å². The molecule has 0 aliphatic carbocycles. The van der Waals surface area contributed by atoms with Crippen molar-refractivity contribution in [2.45, 2.75) is 33.4 Å². The number of carbonyl (C=O) groups excluding carboxylic acids is 1. The van der Waals surface area contributed by atoms with Crippen molar-refractivity contribution in [1.29, 1.82) is 0 Å². The van der Waals surface area contributed by atoms with E-state index in [1.807, 2.05) is 36.9 Å². The highest BCUT2D eigenvalue weighted by Gasteiger charge is 2.29. The van der Waals surface area contributed by atoms with E-state index < -0.39 is 0 Å². The molecule has 0 N–H and O–H groups in total. The SMILES string of the molecule is CCOc1cc(N2CCN(C(=O)Cn3nc(-c4ncccn4)c(Cl)c3C)C(C)C2)ccc1Cl. The summed E-state index contributed by atoms with van der Waals surface area (Å²) in [7, 11) is 0. The lowest BCUT2D eigenvalue weighted by molar-refractivity contribution is -0.134. The number of piperazine rings is 1. The van der Waals surface area contributed by atoms with Gasteiger partial charge in [-0.3, -0.25) is 9.48 Å². The van der Waals surface area contributed by atoms with E-state index in [-0.39, 0.29) is 18.5 Å². The van der Waals surface area contributed by atoms with Gasteiger partial charge in [0.25, 0.3) is 0 Å². The molecule has 2 aromatic heterocycles. The predicted molar refractivity (Wildman–Crippen MR) is 129 cm³/mol. The number of benzene rings is 1. The fourth-order valence-corrected chi connectivity index (χ4v) is 4.37. The summed E-state index contributed by atoms with van der Waals surface area (Å²) >= 11 is 12.7. The second-order valence-electron chi connectivity index (χ2n) is 7.91. The molecule has 3 heterocycles. The molecule has 1 aliphatic rings. The summed E-state index contributed by atoms with van der Waals surface area (Å²) in [4.78, 5) is 25.7. The van der Waals surface area contributed by atoms with E-state index in [1.54, 1.807) is 23.1 Å². The zero-order valence-electron chi connectivity index (χ0n) is 18.8. The number of anilines is 1. The Morgan fingerprint density at radius 1 is 1.21 bits per heavy atom. The van der Waals surface area contributed by atoms with Crippen LogP contribution < -0.4 is 9.64 Å². The van der Waals surface area contributed by atoms with Gasteiger partial charge < -0.3 is 14.5 Å². The third-order valence-electron chi connectivity index (χ3n) is 5.72. The van der Waals surface area contributed by atoms with Crippen molar-refractivity contribution in [3.05, 3.63) is 52.4 Å². The van der Waals surface area contributed by atoms with E-state index in [0.717, 1.165) is 5.69 Å². The van der Waals surface area contributed by atoms with Crippen LogP contribution in [-0.2, 0) is 11.3 Å². The van der Waals surface area contributed by atoms with E-state index in [4.69, 9.17) is 27.9 Å². The van der Waals surface area contributed by atoms with Crippen LogP contribution in [-0.4, -0.2) is 62.8 Å². The highest BCUT2D eigenvalue weighted by molar-refractivity contribution is 6.33. The number of ether oxygens (including phenoxy) is 1. The van der Waals surface area contributed by atoms with E-state index in [0.29, 0.717) is 59.2 Å². The summed E-state index contributed by atoms with van der Waals surface area (Å²) in [5.41, 5.74) is 2.22. The molecule has 0 spiro atoms. The molecule has 10 heteroatoms. The minimum absolute atomic E-state index is 0.00365. The summed E-state index contributed by atoms with van der Waals surface area (Å²) in [6.45, 7) is 8.51. The number of amides is 1. The first-order valence-corrected chi connectivity index (χ1v) is 11.6. The van der Waals surface area contributed by atoms with Gasteiger partial charge in [0.05, 0.1) is 22.3 Å². The number of nitrogens with zero attached hydrogens (tertiary/aromatic N) is 6. The van der Waals surface area contributed by atoms with Crippen LogP contribution in [0.3, 0.4) is 0 Å². The lowest BCUT2D eigenvalue weighted by Crippen LogP contribution is -2.54. The first kappa shape index (κ1) is 23.3. The fraction of sp³-hybridized carbons (Fsp3) is 0.391. The van der Waals surface area contributed by atoms with Gasteiger partial charge in [0, 0.05) is 49.8 Å². The van der Waals surface area contributed by atoms with Gasteiger partial charge in [-0.15, -0.1) is 0 Å². The van der Waals surface area contributed by atoms with Crippen LogP contribution >= 0.6 is 23.2 Å². The molecular formula is C23H26Cl2N6O2. The van der Waals surface area contributed by atoms with Gasteiger partial charge in [0.15, 0.2) is 5.82 Å². The van der Waals surface area contributed by atoms with Crippen molar-refractivity contribution in [2.75, 3.05) is 31.1 Å². The average molecular weight is 489 g/mol. The Labute approximate surface area is 203 Å². The number of rotatable bonds is 6. The van der Waals surface area contributed by atoms with E-state index >= 15 is 0 Å². The summed E-state index contributed by atoms with van der Waals surface area (Å²) in [6, 6.07) is 7.55. The minimum Gasteiger partial charge on any atom is -0.492 e. The summed E-state index contributed by atoms with van der Waals surface area (Å²) in [5, 5.41) is 5.56. The van der Waals surface area contributed by atoms with Crippen molar-refractivity contribution in [1.82, 2.24) is 24.6 Å². The Hall–Kier alpha value is -2.84. The number of hydrogen-bond acceptors (Lipinski definition) is 6. The number of halogens is 2. The van der Waals surface area contributed by atoms with E-state index in [9.17, 15) is 4.79 Å². The third-order valence-corrected chi connectivity index (χ3v) is 6.49. The molecule has 0 radical (unpaired) electrons. The lowest BCUT2D eigenvalue weighted by atomic mass is 10.1. The average Bonchev–Trinajstić information content (AvgIpc) is 3.09.